The molecule has 0 saturated carbocycles. The summed E-state index contributed by atoms with van der Waals surface area (Å²) in [6.45, 7) is 0. The third-order valence-corrected chi connectivity index (χ3v) is 2.57. The van der Waals surface area contributed by atoms with Crippen molar-refractivity contribution in [2.24, 2.45) is 0 Å². The molecule has 2 rings (SSSR count). The molecule has 0 unspecified atom stereocenters. The Labute approximate surface area is 82.3 Å². The highest BCUT2D eigenvalue weighted by Gasteiger charge is 2.20. The summed E-state index contributed by atoms with van der Waals surface area (Å²) in [4.78, 5) is 11.5. The molecule has 0 aliphatic heterocycles. The van der Waals surface area contributed by atoms with Gasteiger partial charge in [0.05, 0.1) is 7.11 Å². The van der Waals surface area contributed by atoms with Crippen LogP contribution in [0.2, 0.25) is 0 Å². The standard InChI is InChI=1S/C11H12O3/c1-14-7-5-9-8(11(13)6-7)3-2-4-10(9)12/h5-6,13H,2-4H2,1H3. The van der Waals surface area contributed by atoms with E-state index in [1.807, 2.05) is 0 Å². The Balaban J connectivity index is 2.57. The summed E-state index contributed by atoms with van der Waals surface area (Å²) in [6, 6.07) is 3.26. The minimum atomic E-state index is 0.0976. The average molecular weight is 192 g/mol. The number of Topliss-reactive ketones (excluding diaryl/α,β-unsaturated/α-hetero) is 1. The molecule has 0 radical (unpaired) electrons. The number of phenolic OH excluding ortho intramolecular Hbond substituents is 1. The maximum atomic E-state index is 11.5. The topological polar surface area (TPSA) is 46.5 Å². The zero-order chi connectivity index (χ0) is 10.1. The molecule has 0 bridgehead atoms. The van der Waals surface area contributed by atoms with Gasteiger partial charge in [0.25, 0.3) is 0 Å². The fourth-order valence-corrected chi connectivity index (χ4v) is 1.82. The average Bonchev–Trinajstić information content (AvgIpc) is 2.19. The van der Waals surface area contributed by atoms with Crippen LogP contribution in [0.5, 0.6) is 11.5 Å². The van der Waals surface area contributed by atoms with Crippen molar-refractivity contribution in [2.45, 2.75) is 19.3 Å². The normalized spacial score (nSPS) is 15.1. The van der Waals surface area contributed by atoms with E-state index in [-0.39, 0.29) is 11.5 Å². The van der Waals surface area contributed by atoms with Gasteiger partial charge in [0.1, 0.15) is 11.5 Å². The molecule has 3 nitrogen and oxygen atoms in total. The minimum absolute atomic E-state index is 0.0976. The second kappa shape index (κ2) is 3.33. The molecule has 1 aromatic rings. The van der Waals surface area contributed by atoms with E-state index < -0.39 is 0 Å². The van der Waals surface area contributed by atoms with Gasteiger partial charge in [-0.05, 0) is 18.9 Å². The second-order valence-electron chi connectivity index (χ2n) is 3.45. The first-order valence-corrected chi connectivity index (χ1v) is 4.65. The number of hydrogen-bond donors (Lipinski definition) is 1. The van der Waals surface area contributed by atoms with Gasteiger partial charge < -0.3 is 9.84 Å². The van der Waals surface area contributed by atoms with Crippen molar-refractivity contribution < 1.29 is 14.6 Å². The van der Waals surface area contributed by atoms with E-state index >= 15 is 0 Å². The lowest BCUT2D eigenvalue weighted by atomic mass is 9.90. The monoisotopic (exact) mass is 192 g/mol. The maximum absolute atomic E-state index is 11.5. The molecule has 0 amide bonds. The summed E-state index contributed by atoms with van der Waals surface area (Å²) in [5, 5.41) is 9.65. The number of ketones is 1. The summed E-state index contributed by atoms with van der Waals surface area (Å²) in [7, 11) is 1.52. The first kappa shape index (κ1) is 9.06. The number of aromatic hydroxyl groups is 1. The van der Waals surface area contributed by atoms with Gasteiger partial charge in [-0.15, -0.1) is 0 Å². The van der Waals surface area contributed by atoms with E-state index in [1.54, 1.807) is 12.1 Å². The van der Waals surface area contributed by atoms with Gasteiger partial charge >= 0.3 is 0 Å². The number of ether oxygens (including phenoxy) is 1. The van der Waals surface area contributed by atoms with Crippen molar-refractivity contribution in [3.63, 3.8) is 0 Å². The Bertz CT molecular complexity index is 382. The Morgan fingerprint density at radius 3 is 2.86 bits per heavy atom. The third-order valence-electron chi connectivity index (χ3n) is 2.57. The number of hydrogen-bond acceptors (Lipinski definition) is 3. The molecule has 74 valence electrons. The van der Waals surface area contributed by atoms with E-state index in [9.17, 15) is 9.90 Å². The molecule has 1 aromatic carbocycles. The summed E-state index contributed by atoms with van der Waals surface area (Å²) >= 11 is 0. The largest absolute Gasteiger partial charge is 0.508 e. The van der Waals surface area contributed by atoms with Crippen LogP contribution in [0.25, 0.3) is 0 Å². The number of carbonyl (C=O) groups excluding carboxylic acids is 1. The van der Waals surface area contributed by atoms with Gasteiger partial charge in [0, 0.05) is 23.6 Å². The lowest BCUT2D eigenvalue weighted by Gasteiger charge is -2.16. The molecule has 14 heavy (non-hydrogen) atoms. The lowest BCUT2D eigenvalue weighted by molar-refractivity contribution is 0.0971. The Hall–Kier alpha value is -1.51. The molecule has 1 N–H and O–H groups in total. The summed E-state index contributed by atoms with van der Waals surface area (Å²) in [5.74, 6) is 0.810. The van der Waals surface area contributed by atoms with Crippen molar-refractivity contribution in [2.75, 3.05) is 7.11 Å². The van der Waals surface area contributed by atoms with Crippen molar-refractivity contribution in [1.29, 1.82) is 0 Å². The molecular formula is C11H12O3. The van der Waals surface area contributed by atoms with Gasteiger partial charge in [-0.3, -0.25) is 4.79 Å². The van der Waals surface area contributed by atoms with Crippen molar-refractivity contribution in [3.05, 3.63) is 23.3 Å². The van der Waals surface area contributed by atoms with Gasteiger partial charge in [0.15, 0.2) is 5.78 Å². The van der Waals surface area contributed by atoms with Gasteiger partial charge in [-0.1, -0.05) is 0 Å². The molecule has 0 heterocycles. The smallest absolute Gasteiger partial charge is 0.163 e. The molecule has 0 fully saturated rings. The lowest BCUT2D eigenvalue weighted by Crippen LogP contribution is -2.10. The molecule has 0 saturated heterocycles. The van der Waals surface area contributed by atoms with Crippen LogP contribution in [0.15, 0.2) is 12.1 Å². The van der Waals surface area contributed by atoms with Crippen LogP contribution >= 0.6 is 0 Å². The van der Waals surface area contributed by atoms with Crippen LogP contribution in [0.4, 0.5) is 0 Å². The first-order valence-electron chi connectivity index (χ1n) is 4.65. The number of phenols is 1. The number of fused-ring (bicyclic) bond motifs is 1. The highest BCUT2D eigenvalue weighted by molar-refractivity contribution is 5.99. The molecule has 0 atom stereocenters. The molecule has 1 aliphatic carbocycles. The second-order valence-corrected chi connectivity index (χ2v) is 3.45. The van der Waals surface area contributed by atoms with Crippen molar-refractivity contribution >= 4 is 5.78 Å². The zero-order valence-corrected chi connectivity index (χ0v) is 8.04. The summed E-state index contributed by atoms with van der Waals surface area (Å²) in [6.07, 6.45) is 2.17. The summed E-state index contributed by atoms with van der Waals surface area (Å²) < 4.78 is 5.00. The highest BCUT2D eigenvalue weighted by Crippen LogP contribution is 2.32. The Kier molecular flexibility index (Phi) is 2.15. The molecule has 0 spiro atoms. The summed E-state index contributed by atoms with van der Waals surface area (Å²) in [5.41, 5.74) is 1.38. The molecular weight excluding hydrogens is 180 g/mol. The molecule has 3 heteroatoms. The van der Waals surface area contributed by atoms with E-state index in [0.717, 1.165) is 18.4 Å². The van der Waals surface area contributed by atoms with Crippen molar-refractivity contribution in [1.82, 2.24) is 0 Å². The van der Waals surface area contributed by atoms with Gasteiger partial charge in [-0.2, -0.15) is 0 Å². The Morgan fingerprint density at radius 1 is 1.36 bits per heavy atom. The number of carbonyl (C=O) groups is 1. The molecule has 0 aromatic heterocycles. The van der Waals surface area contributed by atoms with Gasteiger partial charge in [-0.25, -0.2) is 0 Å². The van der Waals surface area contributed by atoms with Crippen LogP contribution in [0.1, 0.15) is 28.8 Å². The highest BCUT2D eigenvalue weighted by atomic mass is 16.5. The minimum Gasteiger partial charge on any atom is -0.508 e. The number of methoxy groups -OCH3 is 1. The van der Waals surface area contributed by atoms with Gasteiger partial charge in [0.2, 0.25) is 0 Å². The first-order chi connectivity index (χ1) is 6.72. The zero-order valence-electron chi connectivity index (χ0n) is 8.04. The van der Waals surface area contributed by atoms with Crippen LogP contribution in [-0.2, 0) is 6.42 Å². The SMILES string of the molecule is COc1cc(O)c2c(c1)C(=O)CCC2. The predicted octanol–water partition coefficient (Wildman–Crippen LogP) is 1.92. The van der Waals surface area contributed by atoms with Crippen LogP contribution in [0, 0.1) is 0 Å². The van der Waals surface area contributed by atoms with E-state index in [1.165, 1.54) is 7.11 Å². The quantitative estimate of drug-likeness (QED) is 0.739. The fraction of sp³-hybridized carbons (Fsp3) is 0.364. The van der Waals surface area contributed by atoms with Crippen LogP contribution < -0.4 is 4.74 Å². The van der Waals surface area contributed by atoms with E-state index in [4.69, 9.17) is 4.74 Å². The number of benzene rings is 1. The Morgan fingerprint density at radius 2 is 2.14 bits per heavy atom. The fourth-order valence-electron chi connectivity index (χ4n) is 1.82. The van der Waals surface area contributed by atoms with E-state index in [0.29, 0.717) is 17.7 Å². The van der Waals surface area contributed by atoms with Crippen LogP contribution in [-0.4, -0.2) is 18.0 Å². The molecule has 1 aliphatic rings. The number of rotatable bonds is 1. The van der Waals surface area contributed by atoms with Crippen LogP contribution in [0.3, 0.4) is 0 Å². The third kappa shape index (κ3) is 1.35. The predicted molar refractivity (Wildman–Crippen MR) is 51.9 cm³/mol. The maximum Gasteiger partial charge on any atom is 0.163 e. The van der Waals surface area contributed by atoms with Crippen molar-refractivity contribution in [3.8, 4) is 11.5 Å². The van der Waals surface area contributed by atoms with E-state index in [2.05, 4.69) is 0 Å².